The number of esters is 2. The van der Waals surface area contributed by atoms with Gasteiger partial charge in [-0.2, -0.15) is 0 Å². The van der Waals surface area contributed by atoms with E-state index < -0.39 is 0 Å². The van der Waals surface area contributed by atoms with Gasteiger partial charge in [-0.15, -0.1) is 0 Å². The molecule has 270 valence electrons. The van der Waals surface area contributed by atoms with Crippen LogP contribution in [0.3, 0.4) is 0 Å². The van der Waals surface area contributed by atoms with Crippen LogP contribution >= 0.6 is 0 Å². The average molecular weight is 715 g/mol. The molecular formula is C39H74BrN2O4+. The standard InChI is InChI=1S/C20H42NO2.C19H32NO2.BrH/c1-5-9-10-11-12-13-14-15-16-17-20(22)23-19-18-21(6-2,7-3)8-4;1-2-3-4-5-6-7-8-9-11-14-19(21)22-18-17-20-15-12-10-13-16-20;/h5-19H2,1-4H3;10,12-13,15-16H,2-9,11,14,17-18H2,1H3;1H/q2*+1;/p-1. The van der Waals surface area contributed by atoms with E-state index in [0.717, 1.165) is 56.5 Å². The van der Waals surface area contributed by atoms with Crippen LogP contribution in [0.1, 0.15) is 163 Å². The van der Waals surface area contributed by atoms with Gasteiger partial charge in [-0.1, -0.05) is 123 Å². The number of nitrogens with zero attached hydrogens (tertiary/aromatic N) is 2. The fourth-order valence-electron chi connectivity index (χ4n) is 5.65. The Morgan fingerprint density at radius 2 is 0.891 bits per heavy atom. The van der Waals surface area contributed by atoms with Crippen molar-refractivity contribution in [2.24, 2.45) is 0 Å². The quantitative estimate of drug-likeness (QED) is 0.0398. The molecule has 0 atom stereocenters. The van der Waals surface area contributed by atoms with Crippen LogP contribution in [0.15, 0.2) is 30.6 Å². The van der Waals surface area contributed by atoms with Crippen LogP contribution in [-0.2, 0) is 25.6 Å². The number of hydrogen-bond donors (Lipinski definition) is 0. The molecule has 0 radical (unpaired) electrons. The number of quaternary nitrogens is 1. The van der Waals surface area contributed by atoms with E-state index in [1.54, 1.807) is 0 Å². The van der Waals surface area contributed by atoms with E-state index in [0.29, 0.717) is 26.1 Å². The van der Waals surface area contributed by atoms with Gasteiger partial charge in [-0.05, 0) is 33.6 Å². The van der Waals surface area contributed by atoms with Crippen molar-refractivity contribution in [1.29, 1.82) is 0 Å². The molecule has 1 aromatic heterocycles. The first kappa shape index (κ1) is 46.6. The fraction of sp³-hybridized carbons (Fsp3) is 0.821. The summed E-state index contributed by atoms with van der Waals surface area (Å²) in [6, 6.07) is 5.93. The van der Waals surface area contributed by atoms with Gasteiger partial charge in [0, 0.05) is 25.0 Å². The van der Waals surface area contributed by atoms with Gasteiger partial charge in [0.05, 0.1) is 19.6 Å². The van der Waals surface area contributed by atoms with Gasteiger partial charge in [-0.25, -0.2) is 4.57 Å². The third-order valence-electron chi connectivity index (χ3n) is 9.20. The normalized spacial score (nSPS) is 10.9. The summed E-state index contributed by atoms with van der Waals surface area (Å²) in [5.41, 5.74) is 0. The molecule has 0 aliphatic heterocycles. The molecule has 0 aliphatic rings. The van der Waals surface area contributed by atoms with Gasteiger partial charge >= 0.3 is 11.9 Å². The van der Waals surface area contributed by atoms with Gasteiger partial charge in [0.1, 0.15) is 13.2 Å². The highest BCUT2D eigenvalue weighted by molar-refractivity contribution is 5.69. The van der Waals surface area contributed by atoms with E-state index in [1.807, 2.05) is 35.2 Å². The molecule has 0 N–H and O–H groups in total. The van der Waals surface area contributed by atoms with Crippen LogP contribution in [0.5, 0.6) is 0 Å². The summed E-state index contributed by atoms with van der Waals surface area (Å²) < 4.78 is 13.7. The number of carbonyl (C=O) groups is 2. The van der Waals surface area contributed by atoms with Gasteiger partial charge in [0.25, 0.3) is 0 Å². The Bertz CT molecular complexity index is 781. The number of carbonyl (C=O) groups excluding carboxylic acids is 2. The summed E-state index contributed by atoms with van der Waals surface area (Å²) in [7, 11) is 0. The zero-order valence-electron chi connectivity index (χ0n) is 30.9. The predicted molar refractivity (Wildman–Crippen MR) is 189 cm³/mol. The van der Waals surface area contributed by atoms with E-state index in [-0.39, 0.29) is 28.9 Å². The van der Waals surface area contributed by atoms with Crippen molar-refractivity contribution in [3.05, 3.63) is 30.6 Å². The average Bonchev–Trinajstić information content (AvgIpc) is 3.06. The maximum atomic E-state index is 11.8. The summed E-state index contributed by atoms with van der Waals surface area (Å²) >= 11 is 0. The van der Waals surface area contributed by atoms with E-state index in [4.69, 9.17) is 9.47 Å². The molecule has 0 amide bonds. The van der Waals surface area contributed by atoms with Crippen molar-refractivity contribution >= 4 is 11.9 Å². The Morgan fingerprint density at radius 1 is 0.522 bits per heavy atom. The largest absolute Gasteiger partial charge is 1.00 e. The second-order valence-corrected chi connectivity index (χ2v) is 12.7. The minimum Gasteiger partial charge on any atom is -1.00 e. The SMILES string of the molecule is CCCCCCCCCCCC(=O)OCC[N+](CC)(CC)CC.CCCCCCCCCCCC(=O)OCC[n+]1ccccc1.[Br-]. The highest BCUT2D eigenvalue weighted by Gasteiger charge is 2.20. The highest BCUT2D eigenvalue weighted by atomic mass is 79.9. The molecule has 46 heavy (non-hydrogen) atoms. The molecule has 0 saturated carbocycles. The zero-order chi connectivity index (χ0) is 33.3. The van der Waals surface area contributed by atoms with Crippen molar-refractivity contribution in [2.75, 3.05) is 39.4 Å². The Morgan fingerprint density at radius 3 is 1.28 bits per heavy atom. The number of halogens is 1. The van der Waals surface area contributed by atoms with Crippen molar-refractivity contribution in [2.45, 2.75) is 170 Å². The maximum Gasteiger partial charge on any atom is 0.306 e. The lowest BCUT2D eigenvalue weighted by Gasteiger charge is -2.35. The monoisotopic (exact) mass is 713 g/mol. The van der Waals surface area contributed by atoms with Crippen molar-refractivity contribution in [1.82, 2.24) is 0 Å². The number of unbranched alkanes of at least 4 members (excludes halogenated alkanes) is 16. The van der Waals surface area contributed by atoms with E-state index in [9.17, 15) is 9.59 Å². The molecule has 0 fully saturated rings. The van der Waals surface area contributed by atoms with Gasteiger partial charge < -0.3 is 30.9 Å². The lowest BCUT2D eigenvalue weighted by atomic mass is 10.1. The molecule has 0 aromatic carbocycles. The Kier molecular flexibility index (Phi) is 35.3. The third kappa shape index (κ3) is 28.7. The number of pyridine rings is 1. The number of aromatic nitrogens is 1. The molecule has 0 spiro atoms. The van der Waals surface area contributed by atoms with E-state index >= 15 is 0 Å². The summed E-state index contributed by atoms with van der Waals surface area (Å²) in [5, 5.41) is 0. The zero-order valence-corrected chi connectivity index (χ0v) is 32.5. The lowest BCUT2D eigenvalue weighted by molar-refractivity contribution is -0.923. The molecule has 0 saturated heterocycles. The Balaban J connectivity index is 0. The summed E-state index contributed by atoms with van der Waals surface area (Å²) in [6.45, 7) is 17.2. The van der Waals surface area contributed by atoms with Gasteiger partial charge in [-0.3, -0.25) is 9.59 Å². The van der Waals surface area contributed by atoms with Crippen molar-refractivity contribution in [3.8, 4) is 0 Å². The molecular weight excluding hydrogens is 640 g/mol. The van der Waals surface area contributed by atoms with Gasteiger partial charge in [0.15, 0.2) is 25.5 Å². The highest BCUT2D eigenvalue weighted by Crippen LogP contribution is 2.12. The number of likely N-dealkylation sites (N-methyl/N-ethyl adjacent to an activating group) is 1. The summed E-state index contributed by atoms with van der Waals surface area (Å²) in [6.07, 6.45) is 28.1. The molecule has 1 heterocycles. The smallest absolute Gasteiger partial charge is 0.306 e. The first-order valence-electron chi connectivity index (χ1n) is 19.1. The Labute approximate surface area is 295 Å². The lowest BCUT2D eigenvalue weighted by Crippen LogP contribution is -3.00. The molecule has 7 heteroatoms. The molecule has 0 bridgehead atoms. The van der Waals surface area contributed by atoms with Gasteiger partial charge in [0.2, 0.25) is 0 Å². The van der Waals surface area contributed by atoms with Crippen molar-refractivity contribution in [3.63, 3.8) is 0 Å². The Hall–Kier alpha value is -1.47. The first-order valence-corrected chi connectivity index (χ1v) is 19.1. The second kappa shape index (κ2) is 34.9. The number of hydrogen-bond acceptors (Lipinski definition) is 4. The number of ether oxygens (including phenoxy) is 2. The van der Waals surface area contributed by atoms with Crippen LogP contribution in [0.25, 0.3) is 0 Å². The summed E-state index contributed by atoms with van der Waals surface area (Å²) in [5.74, 6) is -0.0613. The summed E-state index contributed by atoms with van der Waals surface area (Å²) in [4.78, 5) is 23.4. The minimum absolute atomic E-state index is 0. The molecule has 0 aliphatic carbocycles. The van der Waals surface area contributed by atoms with Crippen LogP contribution in [0.4, 0.5) is 0 Å². The van der Waals surface area contributed by atoms with E-state index in [2.05, 4.69) is 34.6 Å². The molecule has 0 unspecified atom stereocenters. The topological polar surface area (TPSA) is 56.5 Å². The minimum atomic E-state index is -0.0560. The fourth-order valence-corrected chi connectivity index (χ4v) is 5.65. The van der Waals surface area contributed by atoms with Crippen LogP contribution in [0, 0.1) is 0 Å². The predicted octanol–water partition coefficient (Wildman–Crippen LogP) is 6.77. The molecule has 1 rings (SSSR count). The van der Waals surface area contributed by atoms with Crippen molar-refractivity contribution < 1.29 is 45.1 Å². The maximum absolute atomic E-state index is 11.8. The third-order valence-corrected chi connectivity index (χ3v) is 9.20. The van der Waals surface area contributed by atoms with Crippen LogP contribution < -0.4 is 21.5 Å². The van der Waals surface area contributed by atoms with Crippen LogP contribution in [0.2, 0.25) is 0 Å². The number of rotatable bonds is 29. The first-order chi connectivity index (χ1) is 22.0. The van der Waals surface area contributed by atoms with E-state index in [1.165, 1.54) is 96.3 Å². The molecule has 1 aromatic rings. The van der Waals surface area contributed by atoms with Crippen LogP contribution in [-0.4, -0.2) is 55.8 Å². The molecule has 6 nitrogen and oxygen atoms in total. The second-order valence-electron chi connectivity index (χ2n) is 12.7.